The Balaban J connectivity index is 1.28. The van der Waals surface area contributed by atoms with Crippen LogP contribution in [0.4, 0.5) is 11.6 Å². The van der Waals surface area contributed by atoms with E-state index >= 15 is 0 Å². The van der Waals surface area contributed by atoms with Crippen LogP contribution in [0.3, 0.4) is 0 Å². The third-order valence-electron chi connectivity index (χ3n) is 6.75. The van der Waals surface area contributed by atoms with Gasteiger partial charge in [0, 0.05) is 56.1 Å². The largest absolute Gasteiger partial charge is 0.399 e. The minimum atomic E-state index is 0.297. The van der Waals surface area contributed by atoms with Crippen LogP contribution in [0.1, 0.15) is 29.0 Å². The fraction of sp³-hybridized carbons (Fsp3) is 0.385. The average molecular weight is 429 g/mol. The molecule has 166 valence electrons. The van der Waals surface area contributed by atoms with Gasteiger partial charge < -0.3 is 20.9 Å². The highest BCUT2D eigenvalue weighted by Crippen LogP contribution is 2.41. The van der Waals surface area contributed by atoms with Gasteiger partial charge in [-0.15, -0.1) is 0 Å². The van der Waals surface area contributed by atoms with Crippen molar-refractivity contribution >= 4 is 11.6 Å². The van der Waals surface area contributed by atoms with Crippen LogP contribution in [0.15, 0.2) is 54.7 Å². The van der Waals surface area contributed by atoms with Crippen molar-refractivity contribution in [2.75, 3.05) is 57.4 Å². The summed E-state index contributed by atoms with van der Waals surface area (Å²) in [6, 6.07) is 16.9. The van der Waals surface area contributed by atoms with Crippen LogP contribution < -0.4 is 11.1 Å². The molecular formula is C26H32N6. The normalized spacial score (nSPS) is 18.7. The average Bonchev–Trinajstić information content (AvgIpc) is 2.83. The van der Waals surface area contributed by atoms with Crippen molar-refractivity contribution in [2.24, 2.45) is 0 Å². The second-order valence-electron chi connectivity index (χ2n) is 9.00. The van der Waals surface area contributed by atoms with Crippen molar-refractivity contribution in [1.29, 1.82) is 0 Å². The van der Waals surface area contributed by atoms with Crippen LogP contribution in [0.25, 0.3) is 11.3 Å². The highest BCUT2D eigenvalue weighted by atomic mass is 15.2. The Labute approximate surface area is 190 Å². The molecule has 5 rings (SSSR count). The highest BCUT2D eigenvalue weighted by molar-refractivity contribution is 5.72. The van der Waals surface area contributed by atoms with E-state index in [2.05, 4.69) is 63.5 Å². The monoisotopic (exact) mass is 428 g/mol. The van der Waals surface area contributed by atoms with E-state index in [4.69, 9.17) is 10.7 Å². The summed E-state index contributed by atoms with van der Waals surface area (Å²) in [5.41, 5.74) is 12.8. The molecule has 1 aliphatic carbocycles. The maximum absolute atomic E-state index is 5.91. The molecule has 6 nitrogen and oxygen atoms in total. The fourth-order valence-electron chi connectivity index (χ4n) is 4.82. The Morgan fingerprint density at radius 1 is 1.03 bits per heavy atom. The maximum Gasteiger partial charge on any atom is 0.223 e. The SMILES string of the molecule is CN1CCN(CCCNc2ncc3c(n2)-c2ccccc2C(c2ccc(N)cc2)C3)CC1. The van der Waals surface area contributed by atoms with Crippen molar-refractivity contribution < 1.29 is 0 Å². The van der Waals surface area contributed by atoms with Gasteiger partial charge in [0.2, 0.25) is 5.95 Å². The molecule has 0 amide bonds. The van der Waals surface area contributed by atoms with E-state index in [1.54, 1.807) is 0 Å². The van der Waals surface area contributed by atoms with Gasteiger partial charge in [0.1, 0.15) is 0 Å². The summed E-state index contributed by atoms with van der Waals surface area (Å²) in [6.07, 6.45) is 4.01. The molecule has 2 aliphatic rings. The number of benzene rings is 2. The summed E-state index contributed by atoms with van der Waals surface area (Å²) < 4.78 is 0. The summed E-state index contributed by atoms with van der Waals surface area (Å²) in [5.74, 6) is 1.02. The lowest BCUT2D eigenvalue weighted by molar-refractivity contribution is 0.154. The molecule has 3 aromatic rings. The predicted molar refractivity (Wildman–Crippen MR) is 131 cm³/mol. The summed E-state index contributed by atoms with van der Waals surface area (Å²) in [4.78, 5) is 14.5. The van der Waals surface area contributed by atoms with E-state index in [0.717, 1.165) is 69.4 Å². The van der Waals surface area contributed by atoms with E-state index in [0.29, 0.717) is 5.92 Å². The Morgan fingerprint density at radius 3 is 2.62 bits per heavy atom. The van der Waals surface area contributed by atoms with Gasteiger partial charge in [0.05, 0.1) is 5.69 Å². The lowest BCUT2D eigenvalue weighted by Gasteiger charge is -2.32. The molecule has 1 saturated heterocycles. The molecule has 1 aromatic heterocycles. The number of hydrogen-bond donors (Lipinski definition) is 2. The minimum Gasteiger partial charge on any atom is -0.399 e. The van der Waals surface area contributed by atoms with Crippen molar-refractivity contribution in [3.05, 3.63) is 71.4 Å². The Bertz CT molecular complexity index is 1060. The first-order valence-electron chi connectivity index (χ1n) is 11.6. The number of likely N-dealkylation sites (N-methyl/N-ethyl adjacent to an activating group) is 1. The summed E-state index contributed by atoms with van der Waals surface area (Å²) in [7, 11) is 2.20. The minimum absolute atomic E-state index is 0.297. The molecule has 0 spiro atoms. The zero-order valence-electron chi connectivity index (χ0n) is 18.8. The number of piperazine rings is 1. The van der Waals surface area contributed by atoms with Crippen LogP contribution in [-0.2, 0) is 6.42 Å². The lowest BCUT2D eigenvalue weighted by atomic mass is 9.78. The van der Waals surface area contributed by atoms with Gasteiger partial charge in [-0.2, -0.15) is 0 Å². The molecule has 3 N–H and O–H groups in total. The Hall–Kier alpha value is -2.96. The predicted octanol–water partition coefficient (Wildman–Crippen LogP) is 3.46. The third-order valence-corrected chi connectivity index (χ3v) is 6.75. The van der Waals surface area contributed by atoms with Crippen molar-refractivity contribution in [2.45, 2.75) is 18.8 Å². The molecule has 0 saturated carbocycles. The third kappa shape index (κ3) is 4.47. The molecule has 1 atom stereocenters. The van der Waals surface area contributed by atoms with Crippen molar-refractivity contribution in [1.82, 2.24) is 19.8 Å². The van der Waals surface area contributed by atoms with Gasteiger partial charge in [-0.1, -0.05) is 36.4 Å². The van der Waals surface area contributed by atoms with E-state index in [9.17, 15) is 0 Å². The van der Waals surface area contributed by atoms with E-state index in [1.807, 2.05) is 18.3 Å². The number of anilines is 2. The Kier molecular flexibility index (Phi) is 6.06. The number of aromatic nitrogens is 2. The number of rotatable bonds is 6. The zero-order chi connectivity index (χ0) is 21.9. The first-order chi connectivity index (χ1) is 15.7. The van der Waals surface area contributed by atoms with Gasteiger partial charge in [-0.05, 0) is 55.3 Å². The highest BCUT2D eigenvalue weighted by Gasteiger charge is 2.27. The summed E-state index contributed by atoms with van der Waals surface area (Å²) in [5, 5.41) is 3.45. The van der Waals surface area contributed by atoms with Gasteiger partial charge >= 0.3 is 0 Å². The van der Waals surface area contributed by atoms with E-state index < -0.39 is 0 Å². The number of nitrogen functional groups attached to an aromatic ring is 1. The molecule has 0 bridgehead atoms. The standard InChI is InChI=1S/C26H32N6/c1-31-13-15-32(16-14-31)12-4-11-28-26-29-18-20-17-24(19-7-9-21(27)10-8-19)22-5-2-3-6-23(22)25(20)30-26/h2-3,5-10,18,24H,4,11-17,27H2,1H3,(H,28,29,30). The van der Waals surface area contributed by atoms with Crippen LogP contribution in [0.2, 0.25) is 0 Å². The van der Waals surface area contributed by atoms with Crippen LogP contribution in [-0.4, -0.2) is 66.1 Å². The van der Waals surface area contributed by atoms with Crippen molar-refractivity contribution in [3.63, 3.8) is 0 Å². The fourth-order valence-corrected chi connectivity index (χ4v) is 4.82. The molecule has 2 heterocycles. The molecule has 1 fully saturated rings. The molecular weight excluding hydrogens is 396 g/mol. The first kappa shape index (κ1) is 20.9. The smallest absolute Gasteiger partial charge is 0.223 e. The van der Waals surface area contributed by atoms with Gasteiger partial charge in [0.15, 0.2) is 0 Å². The van der Waals surface area contributed by atoms with Crippen molar-refractivity contribution in [3.8, 4) is 11.3 Å². The number of hydrogen-bond acceptors (Lipinski definition) is 6. The topological polar surface area (TPSA) is 70.3 Å². The summed E-state index contributed by atoms with van der Waals surface area (Å²) in [6.45, 7) is 6.67. The van der Waals surface area contributed by atoms with Crippen LogP contribution >= 0.6 is 0 Å². The number of nitrogens with one attached hydrogen (secondary N) is 1. The Morgan fingerprint density at radius 2 is 1.81 bits per heavy atom. The summed E-state index contributed by atoms with van der Waals surface area (Å²) >= 11 is 0. The van der Waals surface area contributed by atoms with E-state index in [-0.39, 0.29) is 0 Å². The van der Waals surface area contributed by atoms with E-state index in [1.165, 1.54) is 22.3 Å². The molecule has 1 unspecified atom stereocenters. The number of fused-ring (bicyclic) bond motifs is 3. The molecule has 1 aliphatic heterocycles. The lowest BCUT2D eigenvalue weighted by Crippen LogP contribution is -2.44. The van der Waals surface area contributed by atoms with Gasteiger partial charge in [-0.25, -0.2) is 9.97 Å². The van der Waals surface area contributed by atoms with Crippen LogP contribution in [0, 0.1) is 0 Å². The second-order valence-corrected chi connectivity index (χ2v) is 9.00. The molecule has 6 heteroatoms. The molecule has 2 aromatic carbocycles. The quantitative estimate of drug-likeness (QED) is 0.463. The van der Waals surface area contributed by atoms with Crippen LogP contribution in [0.5, 0.6) is 0 Å². The van der Waals surface area contributed by atoms with Gasteiger partial charge in [-0.3, -0.25) is 0 Å². The number of nitrogens with zero attached hydrogens (tertiary/aromatic N) is 4. The molecule has 0 radical (unpaired) electrons. The second kappa shape index (κ2) is 9.27. The number of nitrogens with two attached hydrogens (primary N) is 1. The first-order valence-corrected chi connectivity index (χ1v) is 11.6. The zero-order valence-corrected chi connectivity index (χ0v) is 18.8. The molecule has 32 heavy (non-hydrogen) atoms. The maximum atomic E-state index is 5.91. The van der Waals surface area contributed by atoms with Gasteiger partial charge in [0.25, 0.3) is 0 Å².